The number of nitrogens with one attached hydrogen (secondary N) is 2. The summed E-state index contributed by atoms with van der Waals surface area (Å²) in [7, 11) is -1.60. The van der Waals surface area contributed by atoms with Crippen molar-refractivity contribution in [1.29, 1.82) is 0 Å². The topological polar surface area (TPSA) is 97.0 Å². The van der Waals surface area contributed by atoms with Crippen LogP contribution in [0.25, 0.3) is 0 Å². The third-order valence-corrected chi connectivity index (χ3v) is 5.77. The van der Waals surface area contributed by atoms with Gasteiger partial charge in [0, 0.05) is 30.9 Å². The van der Waals surface area contributed by atoms with Gasteiger partial charge in [-0.25, -0.2) is 13.2 Å². The number of rotatable bonds is 5. The number of methoxy groups -OCH3 is 1. The maximum atomic E-state index is 12.9. The number of hydrogen-bond acceptors (Lipinski definition) is 5. The highest BCUT2D eigenvalue weighted by molar-refractivity contribution is 7.92. The molecule has 1 aliphatic carbocycles. The molecular formula is C18H27N3O5S. The number of hydrogen-bond donors (Lipinski definition) is 2. The number of ether oxygens (including phenoxy) is 2. The Balaban J connectivity index is 1.66. The van der Waals surface area contributed by atoms with Crippen molar-refractivity contribution >= 4 is 27.4 Å². The molecular weight excluding hydrogens is 370 g/mol. The lowest BCUT2D eigenvalue weighted by Gasteiger charge is -2.40. The van der Waals surface area contributed by atoms with Crippen molar-refractivity contribution in [2.75, 3.05) is 43.2 Å². The Bertz CT molecular complexity index is 753. The Morgan fingerprint density at radius 3 is 2.59 bits per heavy atom. The second-order valence-electron chi connectivity index (χ2n) is 7.09. The fourth-order valence-corrected chi connectivity index (χ4v) is 4.51. The number of sulfonamides is 1. The van der Waals surface area contributed by atoms with Crippen LogP contribution in [0.4, 0.5) is 16.2 Å². The standard InChI is InChI=1S/C18H27N3O5S/c1-25-17-5-3-4-15(17)16-12-26-11-10-21(16)18(22)19-13-6-8-14(9-7-13)20-27(2,23)24/h6-9,15-17,20H,3-5,10-12H2,1-2H3,(H,19,22). The first-order valence-corrected chi connectivity index (χ1v) is 11.0. The third kappa shape index (κ3) is 5.12. The van der Waals surface area contributed by atoms with Gasteiger partial charge in [-0.05, 0) is 37.1 Å². The van der Waals surface area contributed by atoms with Crippen molar-refractivity contribution in [2.45, 2.75) is 31.4 Å². The van der Waals surface area contributed by atoms with Crippen LogP contribution in [0.15, 0.2) is 24.3 Å². The zero-order valence-electron chi connectivity index (χ0n) is 15.7. The fourth-order valence-electron chi connectivity index (χ4n) is 3.95. The monoisotopic (exact) mass is 397 g/mol. The zero-order valence-corrected chi connectivity index (χ0v) is 16.5. The van der Waals surface area contributed by atoms with Crippen LogP contribution >= 0.6 is 0 Å². The van der Waals surface area contributed by atoms with Crippen LogP contribution in [0.3, 0.4) is 0 Å². The van der Waals surface area contributed by atoms with E-state index >= 15 is 0 Å². The minimum atomic E-state index is -3.33. The molecule has 1 saturated carbocycles. The molecule has 3 rings (SSSR count). The van der Waals surface area contributed by atoms with E-state index in [1.165, 1.54) is 0 Å². The first kappa shape index (κ1) is 19.9. The summed E-state index contributed by atoms with van der Waals surface area (Å²) in [5.74, 6) is 0.280. The summed E-state index contributed by atoms with van der Waals surface area (Å²) >= 11 is 0. The van der Waals surface area contributed by atoms with Gasteiger partial charge in [0.05, 0.1) is 31.6 Å². The van der Waals surface area contributed by atoms with Crippen molar-refractivity contribution < 1.29 is 22.7 Å². The first-order valence-electron chi connectivity index (χ1n) is 9.13. The van der Waals surface area contributed by atoms with Gasteiger partial charge in [0.15, 0.2) is 0 Å². The van der Waals surface area contributed by atoms with Gasteiger partial charge in [-0.1, -0.05) is 6.42 Å². The van der Waals surface area contributed by atoms with Gasteiger partial charge in [-0.2, -0.15) is 0 Å². The van der Waals surface area contributed by atoms with Gasteiger partial charge in [0.1, 0.15) is 0 Å². The van der Waals surface area contributed by atoms with E-state index in [1.807, 2.05) is 4.90 Å². The number of morpholine rings is 1. The molecule has 0 aromatic heterocycles. The number of benzene rings is 1. The number of nitrogens with zero attached hydrogens (tertiary/aromatic N) is 1. The second-order valence-corrected chi connectivity index (χ2v) is 8.83. The molecule has 0 bridgehead atoms. The van der Waals surface area contributed by atoms with E-state index in [0.717, 1.165) is 25.5 Å². The van der Waals surface area contributed by atoms with Crippen molar-refractivity contribution in [1.82, 2.24) is 4.90 Å². The lowest BCUT2D eigenvalue weighted by Crippen LogP contribution is -2.55. The molecule has 9 heteroatoms. The van der Waals surface area contributed by atoms with E-state index in [1.54, 1.807) is 31.4 Å². The van der Waals surface area contributed by atoms with Crippen LogP contribution < -0.4 is 10.0 Å². The lowest BCUT2D eigenvalue weighted by molar-refractivity contribution is -0.0379. The van der Waals surface area contributed by atoms with Crippen molar-refractivity contribution in [3.63, 3.8) is 0 Å². The maximum absolute atomic E-state index is 12.9. The summed E-state index contributed by atoms with van der Waals surface area (Å²) in [4.78, 5) is 14.7. The summed E-state index contributed by atoms with van der Waals surface area (Å²) in [6.45, 7) is 1.58. The van der Waals surface area contributed by atoms with Gasteiger partial charge < -0.3 is 19.7 Å². The number of carbonyl (C=O) groups is 1. The first-order chi connectivity index (χ1) is 12.9. The predicted octanol–water partition coefficient (Wildman–Crippen LogP) is 2.11. The van der Waals surface area contributed by atoms with E-state index in [-0.39, 0.29) is 24.1 Å². The Labute approximate surface area is 160 Å². The van der Waals surface area contributed by atoms with E-state index in [4.69, 9.17) is 9.47 Å². The molecule has 3 unspecified atom stereocenters. The fraction of sp³-hybridized carbons (Fsp3) is 0.611. The molecule has 8 nitrogen and oxygen atoms in total. The molecule has 150 valence electrons. The summed E-state index contributed by atoms with van der Waals surface area (Å²) in [6, 6.07) is 6.41. The molecule has 2 N–H and O–H groups in total. The Hall–Kier alpha value is -1.84. The maximum Gasteiger partial charge on any atom is 0.322 e. The third-order valence-electron chi connectivity index (χ3n) is 5.17. The van der Waals surface area contributed by atoms with Crippen molar-refractivity contribution in [2.24, 2.45) is 5.92 Å². The van der Waals surface area contributed by atoms with Gasteiger partial charge in [0.2, 0.25) is 10.0 Å². The largest absolute Gasteiger partial charge is 0.381 e. The lowest BCUT2D eigenvalue weighted by atomic mass is 9.94. The Morgan fingerprint density at radius 1 is 1.22 bits per heavy atom. The number of carbonyl (C=O) groups excluding carboxylic acids is 1. The Morgan fingerprint density at radius 2 is 1.93 bits per heavy atom. The molecule has 27 heavy (non-hydrogen) atoms. The van der Waals surface area contributed by atoms with Gasteiger partial charge >= 0.3 is 6.03 Å². The van der Waals surface area contributed by atoms with E-state index in [2.05, 4.69) is 10.0 Å². The molecule has 1 aromatic rings. The van der Waals surface area contributed by atoms with Crippen LogP contribution in [0.1, 0.15) is 19.3 Å². The van der Waals surface area contributed by atoms with Crippen molar-refractivity contribution in [3.05, 3.63) is 24.3 Å². The van der Waals surface area contributed by atoms with Gasteiger partial charge in [0.25, 0.3) is 0 Å². The molecule has 1 saturated heterocycles. The zero-order chi connectivity index (χ0) is 19.4. The van der Waals surface area contributed by atoms with E-state index in [0.29, 0.717) is 31.1 Å². The minimum Gasteiger partial charge on any atom is -0.381 e. The molecule has 1 aliphatic heterocycles. The number of urea groups is 1. The molecule has 1 aromatic carbocycles. The molecule has 2 fully saturated rings. The van der Waals surface area contributed by atoms with Crippen LogP contribution in [0, 0.1) is 5.92 Å². The molecule has 0 radical (unpaired) electrons. The molecule has 0 spiro atoms. The van der Waals surface area contributed by atoms with Crippen molar-refractivity contribution in [3.8, 4) is 0 Å². The summed E-state index contributed by atoms with van der Waals surface area (Å²) < 4.78 is 36.2. The van der Waals surface area contributed by atoms with E-state index < -0.39 is 10.0 Å². The van der Waals surface area contributed by atoms with Gasteiger partial charge in [-0.15, -0.1) is 0 Å². The summed E-state index contributed by atoms with van der Waals surface area (Å²) in [6.07, 6.45) is 4.40. The number of anilines is 2. The predicted molar refractivity (Wildman–Crippen MR) is 103 cm³/mol. The molecule has 2 aliphatic rings. The highest BCUT2D eigenvalue weighted by atomic mass is 32.2. The van der Waals surface area contributed by atoms with Crippen LogP contribution in [-0.2, 0) is 19.5 Å². The molecule has 2 amide bonds. The average molecular weight is 397 g/mol. The highest BCUT2D eigenvalue weighted by Crippen LogP contribution is 2.34. The summed E-state index contributed by atoms with van der Waals surface area (Å²) in [5, 5.41) is 2.90. The second kappa shape index (κ2) is 8.45. The SMILES string of the molecule is COC1CCCC1C1COCCN1C(=O)Nc1ccc(NS(C)(=O)=O)cc1. The smallest absolute Gasteiger partial charge is 0.322 e. The Kier molecular flexibility index (Phi) is 6.23. The van der Waals surface area contributed by atoms with Crippen LogP contribution in [-0.4, -0.2) is 64.6 Å². The van der Waals surface area contributed by atoms with Crippen LogP contribution in [0.5, 0.6) is 0 Å². The molecule has 3 atom stereocenters. The highest BCUT2D eigenvalue weighted by Gasteiger charge is 2.40. The minimum absolute atomic E-state index is 0.00243. The van der Waals surface area contributed by atoms with Gasteiger partial charge in [-0.3, -0.25) is 4.72 Å². The van der Waals surface area contributed by atoms with E-state index in [9.17, 15) is 13.2 Å². The van der Waals surface area contributed by atoms with Crippen LogP contribution in [0.2, 0.25) is 0 Å². The molecule has 1 heterocycles. The number of amides is 2. The normalized spacial score (nSPS) is 26.0. The average Bonchev–Trinajstić information content (AvgIpc) is 3.10. The quantitative estimate of drug-likeness (QED) is 0.793. The summed E-state index contributed by atoms with van der Waals surface area (Å²) in [5.41, 5.74) is 1.06.